The molecule has 0 radical (unpaired) electrons. The molecular weight excluding hydrogens is 322 g/mol. The Morgan fingerprint density at radius 1 is 1.14 bits per heavy atom. The number of anilines is 1. The zero-order valence-electron chi connectivity index (χ0n) is 11.6. The molecule has 0 saturated carbocycles. The Bertz CT molecular complexity index is 832. The molecule has 0 bridgehead atoms. The molecule has 0 aromatic heterocycles. The van der Waals surface area contributed by atoms with E-state index < -0.39 is 10.0 Å². The fourth-order valence-corrected chi connectivity index (χ4v) is 3.02. The molecule has 0 atom stereocenters. The van der Waals surface area contributed by atoms with Crippen molar-refractivity contribution in [2.24, 2.45) is 10.2 Å². The van der Waals surface area contributed by atoms with Gasteiger partial charge in [-0.3, -0.25) is 5.01 Å². The second-order valence-corrected chi connectivity index (χ2v) is 6.94. The first kappa shape index (κ1) is 15.0. The highest BCUT2D eigenvalue weighted by Gasteiger charge is 2.18. The van der Waals surface area contributed by atoms with Gasteiger partial charge in [-0.1, -0.05) is 23.7 Å². The molecule has 2 aromatic rings. The van der Waals surface area contributed by atoms with Crippen molar-refractivity contribution in [3.63, 3.8) is 0 Å². The van der Waals surface area contributed by atoms with Crippen molar-refractivity contribution in [2.45, 2.75) is 11.3 Å². The Morgan fingerprint density at radius 3 is 2.45 bits per heavy atom. The summed E-state index contributed by atoms with van der Waals surface area (Å²) in [6.45, 7) is 0.759. The van der Waals surface area contributed by atoms with Gasteiger partial charge in [-0.2, -0.15) is 5.10 Å². The second kappa shape index (κ2) is 5.72. The zero-order chi connectivity index (χ0) is 15.7. The predicted octanol–water partition coefficient (Wildman–Crippen LogP) is 2.85. The Hall–Kier alpha value is -1.89. The van der Waals surface area contributed by atoms with E-state index in [1.54, 1.807) is 24.3 Å². The van der Waals surface area contributed by atoms with Crippen LogP contribution in [0.5, 0.6) is 0 Å². The van der Waals surface area contributed by atoms with Crippen LogP contribution in [0, 0.1) is 0 Å². The minimum atomic E-state index is -3.76. The molecule has 1 heterocycles. The Balaban J connectivity index is 2.18. The quantitative estimate of drug-likeness (QED) is 0.937. The minimum Gasteiger partial charge on any atom is -0.265 e. The van der Waals surface area contributed by atoms with E-state index in [0.29, 0.717) is 5.02 Å². The van der Waals surface area contributed by atoms with Crippen molar-refractivity contribution >= 4 is 33.5 Å². The summed E-state index contributed by atoms with van der Waals surface area (Å²) in [6, 6.07) is 12.0. The zero-order valence-corrected chi connectivity index (χ0v) is 13.2. The first-order valence-electron chi connectivity index (χ1n) is 6.68. The molecule has 22 heavy (non-hydrogen) atoms. The Kier molecular flexibility index (Phi) is 3.90. The lowest BCUT2D eigenvalue weighted by atomic mass is 10.0. The lowest BCUT2D eigenvalue weighted by Gasteiger charge is -2.19. The van der Waals surface area contributed by atoms with Crippen LogP contribution >= 0.6 is 11.6 Å². The summed E-state index contributed by atoms with van der Waals surface area (Å²) in [5, 5.41) is 12.0. The number of hydrazone groups is 1. The van der Waals surface area contributed by atoms with E-state index in [1.165, 1.54) is 6.07 Å². The molecule has 1 aliphatic rings. The molecule has 3 rings (SSSR count). The van der Waals surface area contributed by atoms with E-state index in [9.17, 15) is 8.42 Å². The van der Waals surface area contributed by atoms with Crippen LogP contribution in [0.25, 0.3) is 11.1 Å². The van der Waals surface area contributed by atoms with Crippen LogP contribution < -0.4 is 10.1 Å². The van der Waals surface area contributed by atoms with E-state index >= 15 is 0 Å². The molecule has 2 N–H and O–H groups in total. The molecule has 0 amide bonds. The van der Waals surface area contributed by atoms with Crippen LogP contribution in [-0.4, -0.2) is 21.2 Å². The van der Waals surface area contributed by atoms with Crippen molar-refractivity contribution in [2.75, 3.05) is 11.6 Å². The van der Waals surface area contributed by atoms with E-state index in [-0.39, 0.29) is 4.90 Å². The number of hydrogen-bond acceptors (Lipinski definition) is 4. The lowest BCUT2D eigenvalue weighted by Crippen LogP contribution is -2.15. The monoisotopic (exact) mass is 335 g/mol. The van der Waals surface area contributed by atoms with E-state index in [4.69, 9.17) is 16.7 Å². The largest absolute Gasteiger partial charge is 0.265 e. The predicted molar refractivity (Wildman–Crippen MR) is 88.7 cm³/mol. The topological polar surface area (TPSA) is 75.8 Å². The summed E-state index contributed by atoms with van der Waals surface area (Å²) in [4.78, 5) is 0.0735. The van der Waals surface area contributed by atoms with Gasteiger partial charge in [0.05, 0.1) is 10.6 Å². The maximum absolute atomic E-state index is 11.6. The standard InChI is InChI=1S/C15H14ClN3O2S/c16-12-4-2-11(3-5-12)14-10-13(22(17,20)21)6-7-15(14)19-9-1-8-18-19/h2-8,10H,1,9H2,(H2,17,20,21). The third kappa shape index (κ3) is 2.99. The van der Waals surface area contributed by atoms with Gasteiger partial charge in [0.15, 0.2) is 0 Å². The molecule has 114 valence electrons. The van der Waals surface area contributed by atoms with Crippen LogP contribution in [0.4, 0.5) is 5.69 Å². The first-order valence-corrected chi connectivity index (χ1v) is 8.60. The van der Waals surface area contributed by atoms with Crippen molar-refractivity contribution in [3.8, 4) is 11.1 Å². The van der Waals surface area contributed by atoms with Crippen molar-refractivity contribution in [3.05, 3.63) is 47.5 Å². The summed E-state index contributed by atoms with van der Waals surface area (Å²) >= 11 is 5.92. The molecule has 5 nitrogen and oxygen atoms in total. The second-order valence-electron chi connectivity index (χ2n) is 4.94. The maximum atomic E-state index is 11.6. The number of benzene rings is 2. The normalized spacial score (nSPS) is 14.5. The maximum Gasteiger partial charge on any atom is 0.238 e. The summed E-state index contributed by atoms with van der Waals surface area (Å²) in [5.74, 6) is 0. The fourth-order valence-electron chi connectivity index (χ4n) is 2.35. The van der Waals surface area contributed by atoms with Crippen molar-refractivity contribution in [1.29, 1.82) is 0 Å². The Labute approximate surface area is 134 Å². The number of sulfonamides is 1. The molecule has 7 heteroatoms. The molecule has 0 spiro atoms. The third-order valence-electron chi connectivity index (χ3n) is 3.42. The van der Waals surface area contributed by atoms with Crippen molar-refractivity contribution in [1.82, 2.24) is 0 Å². The highest BCUT2D eigenvalue weighted by Crippen LogP contribution is 2.34. The summed E-state index contributed by atoms with van der Waals surface area (Å²) < 4.78 is 23.2. The highest BCUT2D eigenvalue weighted by molar-refractivity contribution is 7.89. The minimum absolute atomic E-state index is 0.0735. The van der Waals surface area contributed by atoms with Crippen LogP contribution in [0.3, 0.4) is 0 Å². The molecule has 0 saturated heterocycles. The van der Waals surface area contributed by atoms with Crippen LogP contribution in [0.2, 0.25) is 5.02 Å². The molecule has 0 unspecified atom stereocenters. The number of primary sulfonamides is 1. The molecule has 0 fully saturated rings. The van der Waals surface area contributed by atoms with Gasteiger partial charge in [0.1, 0.15) is 0 Å². The van der Waals surface area contributed by atoms with Gasteiger partial charge in [0, 0.05) is 29.8 Å². The van der Waals surface area contributed by atoms with E-state index in [2.05, 4.69) is 5.10 Å². The smallest absolute Gasteiger partial charge is 0.238 e. The first-order chi connectivity index (χ1) is 10.4. The molecule has 0 aliphatic carbocycles. The van der Waals surface area contributed by atoms with E-state index in [1.807, 2.05) is 23.4 Å². The number of rotatable bonds is 3. The van der Waals surface area contributed by atoms with Gasteiger partial charge in [0.2, 0.25) is 10.0 Å². The van der Waals surface area contributed by atoms with Gasteiger partial charge in [-0.25, -0.2) is 13.6 Å². The van der Waals surface area contributed by atoms with Crippen molar-refractivity contribution < 1.29 is 8.42 Å². The van der Waals surface area contributed by atoms with Gasteiger partial charge < -0.3 is 0 Å². The SMILES string of the molecule is NS(=O)(=O)c1ccc(N2CCC=N2)c(-c2ccc(Cl)cc2)c1. The summed E-state index contributed by atoms with van der Waals surface area (Å²) in [7, 11) is -3.76. The molecule has 1 aliphatic heterocycles. The highest BCUT2D eigenvalue weighted by atomic mass is 35.5. The lowest BCUT2D eigenvalue weighted by molar-refractivity contribution is 0.598. The van der Waals surface area contributed by atoms with Crippen LogP contribution in [0.1, 0.15) is 6.42 Å². The Morgan fingerprint density at radius 2 is 1.86 bits per heavy atom. The number of nitrogens with two attached hydrogens (primary N) is 1. The number of nitrogens with zero attached hydrogens (tertiary/aromatic N) is 2. The van der Waals surface area contributed by atoms with Gasteiger partial charge in [-0.15, -0.1) is 0 Å². The van der Waals surface area contributed by atoms with Gasteiger partial charge in [-0.05, 0) is 35.9 Å². The molecular formula is C15H14ClN3O2S. The number of hydrogen-bond donors (Lipinski definition) is 1. The average molecular weight is 336 g/mol. The van der Waals surface area contributed by atoms with Gasteiger partial charge >= 0.3 is 0 Å². The average Bonchev–Trinajstić information content (AvgIpc) is 3.00. The van der Waals surface area contributed by atoms with Gasteiger partial charge in [0.25, 0.3) is 0 Å². The fraction of sp³-hybridized carbons (Fsp3) is 0.133. The van der Waals surface area contributed by atoms with Crippen LogP contribution in [0.15, 0.2) is 52.5 Å². The third-order valence-corrected chi connectivity index (χ3v) is 4.58. The van der Waals surface area contributed by atoms with Crippen LogP contribution in [-0.2, 0) is 10.0 Å². The summed E-state index contributed by atoms with van der Waals surface area (Å²) in [5.41, 5.74) is 2.44. The number of halogens is 1. The molecule has 2 aromatic carbocycles. The van der Waals surface area contributed by atoms with E-state index in [0.717, 1.165) is 29.8 Å². The summed E-state index contributed by atoms with van der Waals surface area (Å²) in [6.07, 6.45) is 2.69.